The fraction of sp³-hybridized carbons (Fsp3) is 0.625. The number of nitrogens with zero attached hydrogens (tertiary/aromatic N) is 1. The van der Waals surface area contributed by atoms with E-state index in [9.17, 15) is 13.2 Å². The Bertz CT molecular complexity index is 635. The van der Waals surface area contributed by atoms with Crippen LogP contribution in [0.25, 0.3) is 0 Å². The van der Waals surface area contributed by atoms with Crippen molar-refractivity contribution in [2.24, 2.45) is 5.92 Å². The van der Waals surface area contributed by atoms with Crippen LogP contribution in [0, 0.1) is 5.92 Å². The molecule has 2 rings (SSSR count). The summed E-state index contributed by atoms with van der Waals surface area (Å²) in [5.74, 6) is -0.431. The number of carbonyl (C=O) groups is 1. The van der Waals surface area contributed by atoms with Crippen molar-refractivity contribution in [3.05, 3.63) is 18.3 Å². The molecule has 1 heterocycles. The lowest BCUT2D eigenvalue weighted by Gasteiger charge is -2.28. The van der Waals surface area contributed by atoms with E-state index in [0.29, 0.717) is 24.3 Å². The van der Waals surface area contributed by atoms with Crippen LogP contribution in [0.1, 0.15) is 46.0 Å². The summed E-state index contributed by atoms with van der Waals surface area (Å²) in [5, 5.41) is 1.22. The van der Waals surface area contributed by atoms with E-state index in [1.54, 1.807) is 26.0 Å². The van der Waals surface area contributed by atoms with E-state index in [0.717, 1.165) is 19.3 Å². The second kappa shape index (κ2) is 7.29. The van der Waals surface area contributed by atoms with Crippen LogP contribution in [0.4, 0.5) is 11.5 Å². The van der Waals surface area contributed by atoms with Gasteiger partial charge in [-0.3, -0.25) is 4.79 Å². The molecule has 1 aliphatic carbocycles. The lowest BCUT2D eigenvalue weighted by Crippen LogP contribution is -2.44. The van der Waals surface area contributed by atoms with E-state index in [2.05, 4.69) is 10.3 Å². The highest BCUT2D eigenvalue weighted by atomic mass is 32.2. The summed E-state index contributed by atoms with van der Waals surface area (Å²) in [5.41, 5.74) is 5.97. The number of aromatic nitrogens is 1. The zero-order chi connectivity index (χ0) is 17.0. The molecule has 23 heavy (non-hydrogen) atoms. The molecule has 0 aliphatic heterocycles. The van der Waals surface area contributed by atoms with Crippen LogP contribution in [-0.2, 0) is 14.6 Å². The van der Waals surface area contributed by atoms with Crippen LogP contribution >= 0.6 is 0 Å². The third kappa shape index (κ3) is 4.22. The molecule has 0 radical (unpaired) electrons. The average Bonchev–Trinajstić information content (AvgIpc) is 2.50. The van der Waals surface area contributed by atoms with Crippen molar-refractivity contribution in [1.29, 1.82) is 0 Å². The number of nitrogens with one attached hydrogen (secondary N) is 1. The summed E-state index contributed by atoms with van der Waals surface area (Å²) in [6.45, 7) is 3.54. The Kier molecular flexibility index (Phi) is 5.62. The highest BCUT2D eigenvalue weighted by molar-refractivity contribution is 7.93. The maximum Gasteiger partial charge on any atom is 0.243 e. The van der Waals surface area contributed by atoms with Crippen LogP contribution in [0.5, 0.6) is 0 Å². The molecule has 0 aromatic carbocycles. The minimum absolute atomic E-state index is 0.288. The molecular weight excluding hydrogens is 314 g/mol. The van der Waals surface area contributed by atoms with Gasteiger partial charge in [-0.25, -0.2) is 13.4 Å². The van der Waals surface area contributed by atoms with Crippen molar-refractivity contribution in [2.75, 3.05) is 11.1 Å². The lowest BCUT2D eigenvalue weighted by molar-refractivity contribution is -0.116. The van der Waals surface area contributed by atoms with Gasteiger partial charge in [-0.15, -0.1) is 0 Å². The van der Waals surface area contributed by atoms with Crippen molar-refractivity contribution >= 4 is 27.2 Å². The van der Waals surface area contributed by atoms with Crippen LogP contribution in [-0.4, -0.2) is 29.8 Å². The first-order valence-electron chi connectivity index (χ1n) is 8.07. The van der Waals surface area contributed by atoms with Crippen LogP contribution in [0.3, 0.4) is 0 Å². The first-order valence-corrected chi connectivity index (χ1v) is 9.68. The Morgan fingerprint density at radius 2 is 1.91 bits per heavy atom. The lowest BCUT2D eigenvalue weighted by atomic mass is 10.0. The monoisotopic (exact) mass is 339 g/mol. The Balaban J connectivity index is 2.19. The quantitative estimate of drug-likeness (QED) is 0.857. The SMILES string of the molecule is CC(C)C(C(=O)Nc1ccc(N)nc1)S(=O)(=O)C1CCCCC1. The minimum atomic E-state index is -3.51. The van der Waals surface area contributed by atoms with Gasteiger partial charge in [0.25, 0.3) is 0 Å². The number of anilines is 2. The van der Waals surface area contributed by atoms with Crippen molar-refractivity contribution in [2.45, 2.75) is 56.5 Å². The van der Waals surface area contributed by atoms with Crippen LogP contribution in [0.15, 0.2) is 18.3 Å². The third-order valence-electron chi connectivity index (χ3n) is 4.29. The van der Waals surface area contributed by atoms with Gasteiger partial charge in [0.1, 0.15) is 11.1 Å². The molecular formula is C16H25N3O3S. The summed E-state index contributed by atoms with van der Waals surface area (Å²) in [4.78, 5) is 16.5. The Hall–Kier alpha value is -1.63. The minimum Gasteiger partial charge on any atom is -0.384 e. The van der Waals surface area contributed by atoms with Crippen molar-refractivity contribution in [3.8, 4) is 0 Å². The Morgan fingerprint density at radius 3 is 2.43 bits per heavy atom. The van der Waals surface area contributed by atoms with Crippen LogP contribution in [0.2, 0.25) is 0 Å². The zero-order valence-corrected chi connectivity index (χ0v) is 14.5. The van der Waals surface area contributed by atoms with Gasteiger partial charge >= 0.3 is 0 Å². The fourth-order valence-electron chi connectivity index (χ4n) is 3.12. The molecule has 6 nitrogen and oxygen atoms in total. The topological polar surface area (TPSA) is 102 Å². The van der Waals surface area contributed by atoms with E-state index >= 15 is 0 Å². The smallest absolute Gasteiger partial charge is 0.243 e. The molecule has 1 aromatic rings. The van der Waals surface area contributed by atoms with E-state index in [4.69, 9.17) is 5.73 Å². The Morgan fingerprint density at radius 1 is 1.26 bits per heavy atom. The fourth-order valence-corrected chi connectivity index (χ4v) is 5.65. The highest BCUT2D eigenvalue weighted by Crippen LogP contribution is 2.29. The molecule has 1 amide bonds. The standard InChI is InChI=1S/C16H25N3O3S/c1-11(2)15(23(21,22)13-6-4-3-5-7-13)16(20)19-12-8-9-14(17)18-10-12/h8-11,13,15H,3-7H2,1-2H3,(H2,17,18)(H,19,20). The molecule has 1 unspecified atom stereocenters. The molecule has 1 aromatic heterocycles. The van der Waals surface area contributed by atoms with E-state index in [-0.39, 0.29) is 5.92 Å². The first-order chi connectivity index (χ1) is 10.8. The second-order valence-corrected chi connectivity index (χ2v) is 8.83. The number of hydrogen-bond acceptors (Lipinski definition) is 5. The van der Waals surface area contributed by atoms with E-state index in [1.807, 2.05) is 0 Å². The van der Waals surface area contributed by atoms with Gasteiger partial charge in [0, 0.05) is 0 Å². The molecule has 0 spiro atoms. The summed E-state index contributed by atoms with van der Waals surface area (Å²) in [6, 6.07) is 3.18. The summed E-state index contributed by atoms with van der Waals surface area (Å²) in [7, 11) is -3.51. The third-order valence-corrected chi connectivity index (χ3v) is 7.16. The summed E-state index contributed by atoms with van der Waals surface area (Å²) in [6.07, 6.45) is 5.64. The van der Waals surface area contributed by atoms with Crippen molar-refractivity contribution in [3.63, 3.8) is 0 Å². The molecule has 1 atom stereocenters. The predicted molar refractivity (Wildman–Crippen MR) is 91.7 cm³/mol. The molecule has 0 saturated heterocycles. The second-order valence-electron chi connectivity index (χ2n) is 6.47. The average molecular weight is 339 g/mol. The molecule has 0 bridgehead atoms. The van der Waals surface area contributed by atoms with E-state index in [1.165, 1.54) is 6.20 Å². The first kappa shape index (κ1) is 17.7. The van der Waals surface area contributed by atoms with Crippen molar-refractivity contribution in [1.82, 2.24) is 4.98 Å². The number of pyridine rings is 1. The van der Waals surface area contributed by atoms with Gasteiger partial charge in [0.2, 0.25) is 5.91 Å². The van der Waals surface area contributed by atoms with Gasteiger partial charge in [0.05, 0.1) is 17.1 Å². The predicted octanol–water partition coefficient (Wildman–Crippen LogP) is 2.37. The van der Waals surface area contributed by atoms with Gasteiger partial charge in [-0.2, -0.15) is 0 Å². The van der Waals surface area contributed by atoms with Gasteiger partial charge in [0.15, 0.2) is 9.84 Å². The molecule has 7 heteroatoms. The molecule has 3 N–H and O–H groups in total. The Labute approximate surface area is 137 Å². The maximum absolute atomic E-state index is 12.9. The maximum atomic E-state index is 12.9. The molecule has 128 valence electrons. The zero-order valence-electron chi connectivity index (χ0n) is 13.7. The molecule has 1 fully saturated rings. The van der Waals surface area contributed by atoms with Crippen molar-refractivity contribution < 1.29 is 13.2 Å². The number of carbonyl (C=O) groups excluding carboxylic acids is 1. The van der Waals surface area contributed by atoms with Gasteiger partial charge in [-0.1, -0.05) is 33.1 Å². The number of hydrogen-bond donors (Lipinski definition) is 2. The van der Waals surface area contributed by atoms with E-state index < -0.39 is 26.2 Å². The van der Waals surface area contributed by atoms with Gasteiger partial charge in [-0.05, 0) is 30.9 Å². The van der Waals surface area contributed by atoms with Crippen LogP contribution < -0.4 is 11.1 Å². The highest BCUT2D eigenvalue weighted by Gasteiger charge is 2.41. The summed E-state index contributed by atoms with van der Waals surface area (Å²) >= 11 is 0. The number of sulfone groups is 1. The number of amides is 1. The number of nitrogens with two attached hydrogens (primary N) is 1. The number of rotatable bonds is 5. The largest absolute Gasteiger partial charge is 0.384 e. The molecule has 1 aliphatic rings. The van der Waals surface area contributed by atoms with Gasteiger partial charge < -0.3 is 11.1 Å². The normalized spacial score (nSPS) is 17.9. The summed E-state index contributed by atoms with van der Waals surface area (Å²) < 4.78 is 25.8. The molecule has 1 saturated carbocycles. The number of nitrogen functional groups attached to an aromatic ring is 1.